The number of carboxylic acid groups (broad SMARTS) is 1. The molecule has 23 heavy (non-hydrogen) atoms. The number of carbonyl (C=O) groups is 2. The summed E-state index contributed by atoms with van der Waals surface area (Å²) in [6.45, 7) is -0.165. The third kappa shape index (κ3) is 4.70. The number of nitrogens with two attached hydrogens (primary N) is 1. The quantitative estimate of drug-likeness (QED) is 0.741. The van der Waals surface area contributed by atoms with E-state index in [1.807, 2.05) is 30.3 Å². The highest BCUT2D eigenvalue weighted by Gasteiger charge is 2.18. The second-order valence-electron chi connectivity index (χ2n) is 4.79. The van der Waals surface area contributed by atoms with E-state index in [0.29, 0.717) is 5.56 Å². The minimum absolute atomic E-state index is 0.165. The molecule has 5 nitrogen and oxygen atoms in total. The predicted octanol–water partition coefficient (Wildman–Crippen LogP) is 1.23. The Morgan fingerprint density at radius 1 is 1.00 bits per heavy atom. The average Bonchev–Trinajstić information content (AvgIpc) is 2.58. The van der Waals surface area contributed by atoms with Crippen molar-refractivity contribution in [3.8, 4) is 11.8 Å². The van der Waals surface area contributed by atoms with Crippen LogP contribution in [0.15, 0.2) is 54.6 Å². The zero-order valence-electron chi connectivity index (χ0n) is 12.3. The first-order valence-electron chi connectivity index (χ1n) is 7.01. The van der Waals surface area contributed by atoms with Gasteiger partial charge in [0.1, 0.15) is 6.04 Å². The monoisotopic (exact) mass is 308 g/mol. The lowest BCUT2D eigenvalue weighted by Gasteiger charge is -2.11. The van der Waals surface area contributed by atoms with Gasteiger partial charge in [0.2, 0.25) is 0 Å². The molecule has 0 aromatic heterocycles. The summed E-state index contributed by atoms with van der Waals surface area (Å²) in [5, 5.41) is 11.2. The summed E-state index contributed by atoms with van der Waals surface area (Å²) in [6, 6.07) is 15.1. The van der Waals surface area contributed by atoms with Gasteiger partial charge < -0.3 is 16.2 Å². The van der Waals surface area contributed by atoms with Gasteiger partial charge in [0.05, 0.1) is 0 Å². The molecule has 2 aromatic carbocycles. The number of aliphatic carboxylic acids is 1. The van der Waals surface area contributed by atoms with Gasteiger partial charge in [-0.15, -0.1) is 0 Å². The van der Waals surface area contributed by atoms with E-state index in [1.54, 1.807) is 24.3 Å². The maximum absolute atomic E-state index is 11.9. The predicted molar refractivity (Wildman–Crippen MR) is 86.8 cm³/mol. The maximum atomic E-state index is 11.9. The van der Waals surface area contributed by atoms with Gasteiger partial charge in [-0.05, 0) is 36.4 Å². The number of nitrogens with one attached hydrogen (secondary N) is 1. The van der Waals surface area contributed by atoms with Gasteiger partial charge in [0.25, 0.3) is 5.91 Å². The fraction of sp³-hybridized carbons (Fsp3) is 0.111. The molecule has 1 atom stereocenters. The van der Waals surface area contributed by atoms with Gasteiger partial charge in [-0.1, -0.05) is 30.0 Å². The zero-order chi connectivity index (χ0) is 16.7. The molecule has 0 heterocycles. The Labute approximate surface area is 134 Å². The molecule has 0 bridgehead atoms. The number of amides is 1. The SMILES string of the molecule is NC[C@H](NC(=O)c1ccc(C#Cc2ccccc2)cc1)C(=O)O. The smallest absolute Gasteiger partial charge is 0.327 e. The van der Waals surface area contributed by atoms with Crippen molar-refractivity contribution < 1.29 is 14.7 Å². The number of rotatable bonds is 4. The van der Waals surface area contributed by atoms with Gasteiger partial charge in [0.15, 0.2) is 0 Å². The van der Waals surface area contributed by atoms with Crippen LogP contribution in [0.3, 0.4) is 0 Å². The van der Waals surface area contributed by atoms with Gasteiger partial charge >= 0.3 is 5.97 Å². The topological polar surface area (TPSA) is 92.4 Å². The van der Waals surface area contributed by atoms with Gasteiger partial charge in [-0.3, -0.25) is 4.79 Å². The summed E-state index contributed by atoms with van der Waals surface area (Å²) in [6.07, 6.45) is 0. The van der Waals surface area contributed by atoms with Gasteiger partial charge in [-0.25, -0.2) is 4.79 Å². The highest BCUT2D eigenvalue weighted by molar-refractivity contribution is 5.96. The van der Waals surface area contributed by atoms with Crippen LogP contribution < -0.4 is 11.1 Å². The highest BCUT2D eigenvalue weighted by atomic mass is 16.4. The summed E-state index contributed by atoms with van der Waals surface area (Å²) in [5.74, 6) is 4.38. The third-order valence-electron chi connectivity index (χ3n) is 3.11. The second kappa shape index (κ2) is 7.78. The lowest BCUT2D eigenvalue weighted by atomic mass is 10.1. The lowest BCUT2D eigenvalue weighted by Crippen LogP contribution is -2.45. The van der Waals surface area contributed by atoms with E-state index in [1.165, 1.54) is 0 Å². The minimum atomic E-state index is -1.16. The Kier molecular flexibility index (Phi) is 5.50. The lowest BCUT2D eigenvalue weighted by molar-refractivity contribution is -0.138. The number of carboxylic acids is 1. The van der Waals surface area contributed by atoms with E-state index in [0.717, 1.165) is 11.1 Å². The molecule has 0 aliphatic rings. The summed E-state index contributed by atoms with van der Waals surface area (Å²) >= 11 is 0. The van der Waals surface area contributed by atoms with Crippen molar-refractivity contribution in [2.24, 2.45) is 5.73 Å². The highest BCUT2D eigenvalue weighted by Crippen LogP contribution is 2.04. The normalized spacial score (nSPS) is 11.0. The molecule has 0 aliphatic carbocycles. The Balaban J connectivity index is 2.06. The molecule has 0 saturated carbocycles. The van der Waals surface area contributed by atoms with Crippen LogP contribution >= 0.6 is 0 Å². The van der Waals surface area contributed by atoms with E-state index >= 15 is 0 Å². The van der Waals surface area contributed by atoms with Crippen LogP contribution in [0.25, 0.3) is 0 Å². The van der Waals surface area contributed by atoms with Crippen LogP contribution in [-0.4, -0.2) is 29.6 Å². The molecule has 4 N–H and O–H groups in total. The average molecular weight is 308 g/mol. The van der Waals surface area contributed by atoms with Crippen molar-refractivity contribution in [2.45, 2.75) is 6.04 Å². The van der Waals surface area contributed by atoms with Gasteiger partial charge in [-0.2, -0.15) is 0 Å². The molecular weight excluding hydrogens is 292 g/mol. The van der Waals surface area contributed by atoms with Crippen molar-refractivity contribution in [1.82, 2.24) is 5.32 Å². The van der Waals surface area contributed by atoms with E-state index in [4.69, 9.17) is 10.8 Å². The molecule has 2 rings (SSSR count). The zero-order valence-corrected chi connectivity index (χ0v) is 12.3. The third-order valence-corrected chi connectivity index (χ3v) is 3.11. The van der Waals surface area contributed by atoms with Crippen LogP contribution in [0.2, 0.25) is 0 Å². The van der Waals surface area contributed by atoms with Crippen molar-refractivity contribution in [1.29, 1.82) is 0 Å². The molecule has 0 unspecified atom stereocenters. The van der Waals surface area contributed by atoms with Crippen LogP contribution in [-0.2, 0) is 4.79 Å². The number of benzene rings is 2. The molecule has 5 heteroatoms. The largest absolute Gasteiger partial charge is 0.480 e. The van der Waals surface area contributed by atoms with Gasteiger partial charge in [0, 0.05) is 23.2 Å². The van der Waals surface area contributed by atoms with Crippen molar-refractivity contribution in [2.75, 3.05) is 6.54 Å². The summed E-state index contributed by atoms with van der Waals surface area (Å²) in [5.41, 5.74) is 7.33. The first-order valence-corrected chi connectivity index (χ1v) is 7.01. The van der Waals surface area contributed by atoms with Crippen LogP contribution in [0, 0.1) is 11.8 Å². The molecule has 0 spiro atoms. The Bertz CT molecular complexity index is 743. The molecule has 2 aromatic rings. The maximum Gasteiger partial charge on any atom is 0.327 e. The molecule has 0 radical (unpaired) electrons. The van der Waals surface area contributed by atoms with Crippen molar-refractivity contribution >= 4 is 11.9 Å². The molecular formula is C18H16N2O3. The summed E-state index contributed by atoms with van der Waals surface area (Å²) in [4.78, 5) is 22.8. The molecule has 116 valence electrons. The standard InChI is InChI=1S/C18H16N2O3/c19-12-16(18(22)23)20-17(21)15-10-8-14(9-11-15)7-6-13-4-2-1-3-5-13/h1-5,8-11,16H,12,19H2,(H,20,21)(H,22,23)/t16-/m0/s1. The first-order chi connectivity index (χ1) is 11.1. The number of hydrogen-bond acceptors (Lipinski definition) is 3. The van der Waals surface area contributed by atoms with E-state index < -0.39 is 17.9 Å². The molecule has 0 aliphatic heterocycles. The minimum Gasteiger partial charge on any atom is -0.480 e. The van der Waals surface area contributed by atoms with Crippen molar-refractivity contribution in [3.05, 3.63) is 71.3 Å². The van der Waals surface area contributed by atoms with Crippen LogP contribution in [0.4, 0.5) is 0 Å². The van der Waals surface area contributed by atoms with E-state index in [2.05, 4.69) is 17.2 Å². The van der Waals surface area contributed by atoms with E-state index in [9.17, 15) is 9.59 Å². The summed E-state index contributed by atoms with van der Waals surface area (Å²) < 4.78 is 0. The Hall–Kier alpha value is -3.10. The fourth-order valence-corrected chi connectivity index (χ4v) is 1.83. The Morgan fingerprint density at radius 2 is 1.57 bits per heavy atom. The fourth-order valence-electron chi connectivity index (χ4n) is 1.83. The Morgan fingerprint density at radius 3 is 2.09 bits per heavy atom. The van der Waals surface area contributed by atoms with Crippen LogP contribution in [0.5, 0.6) is 0 Å². The first kappa shape index (κ1) is 16.3. The van der Waals surface area contributed by atoms with Crippen molar-refractivity contribution in [3.63, 3.8) is 0 Å². The second-order valence-corrected chi connectivity index (χ2v) is 4.79. The molecule has 0 fully saturated rings. The number of hydrogen-bond donors (Lipinski definition) is 3. The van der Waals surface area contributed by atoms with Crippen LogP contribution in [0.1, 0.15) is 21.5 Å². The van der Waals surface area contributed by atoms with E-state index in [-0.39, 0.29) is 6.54 Å². The summed E-state index contributed by atoms with van der Waals surface area (Å²) in [7, 11) is 0. The number of carbonyl (C=O) groups excluding carboxylic acids is 1. The molecule has 0 saturated heterocycles. The molecule has 1 amide bonds.